The van der Waals surface area contributed by atoms with Gasteiger partial charge in [-0.25, -0.2) is 9.67 Å². The van der Waals surface area contributed by atoms with Crippen molar-refractivity contribution in [2.24, 2.45) is 0 Å². The van der Waals surface area contributed by atoms with Gasteiger partial charge in [0.2, 0.25) is 0 Å². The van der Waals surface area contributed by atoms with Crippen molar-refractivity contribution in [3.63, 3.8) is 0 Å². The van der Waals surface area contributed by atoms with Crippen LogP contribution < -0.4 is 0 Å². The Balaban J connectivity index is 1.34. The predicted molar refractivity (Wildman–Crippen MR) is 96.8 cm³/mol. The average molecular weight is 348 g/mol. The van der Waals surface area contributed by atoms with E-state index < -0.39 is 0 Å². The number of aromatic nitrogens is 4. The molecule has 0 unspecified atom stereocenters. The first-order chi connectivity index (χ1) is 12.8. The van der Waals surface area contributed by atoms with Crippen molar-refractivity contribution in [1.82, 2.24) is 29.5 Å². The third-order valence-electron chi connectivity index (χ3n) is 4.61. The molecule has 0 radical (unpaired) electrons. The Bertz CT molecular complexity index is 840. The number of benzene rings is 1. The van der Waals surface area contributed by atoms with Gasteiger partial charge in [-0.15, -0.1) is 0 Å². The van der Waals surface area contributed by atoms with Gasteiger partial charge in [0.1, 0.15) is 12.7 Å². The maximum atomic E-state index is 12.7. The van der Waals surface area contributed by atoms with Gasteiger partial charge in [-0.1, -0.05) is 0 Å². The fourth-order valence-corrected chi connectivity index (χ4v) is 3.14. The van der Waals surface area contributed by atoms with Crippen molar-refractivity contribution in [3.8, 4) is 5.69 Å². The molecule has 3 heterocycles. The summed E-state index contributed by atoms with van der Waals surface area (Å²) < 4.78 is 1.67. The summed E-state index contributed by atoms with van der Waals surface area (Å²) in [6.45, 7) is 4.15. The van der Waals surface area contributed by atoms with Gasteiger partial charge in [0.15, 0.2) is 0 Å². The van der Waals surface area contributed by atoms with Gasteiger partial charge in [-0.05, 0) is 42.0 Å². The van der Waals surface area contributed by atoms with Crippen molar-refractivity contribution in [1.29, 1.82) is 0 Å². The fourth-order valence-electron chi connectivity index (χ4n) is 3.14. The van der Waals surface area contributed by atoms with E-state index in [9.17, 15) is 4.79 Å². The average Bonchev–Trinajstić information content (AvgIpc) is 3.24. The van der Waals surface area contributed by atoms with E-state index >= 15 is 0 Å². The normalized spacial score (nSPS) is 15.2. The summed E-state index contributed by atoms with van der Waals surface area (Å²) >= 11 is 0. The maximum absolute atomic E-state index is 12.7. The molecule has 0 N–H and O–H groups in total. The van der Waals surface area contributed by atoms with Gasteiger partial charge >= 0.3 is 0 Å². The van der Waals surface area contributed by atoms with Crippen LogP contribution in [-0.2, 0) is 6.54 Å². The molecule has 1 aliphatic heterocycles. The third kappa shape index (κ3) is 3.62. The summed E-state index contributed by atoms with van der Waals surface area (Å²) in [7, 11) is 0. The lowest BCUT2D eigenvalue weighted by Gasteiger charge is -2.34. The molecule has 1 fully saturated rings. The second kappa shape index (κ2) is 7.45. The lowest BCUT2D eigenvalue weighted by atomic mass is 10.1. The van der Waals surface area contributed by atoms with E-state index in [2.05, 4.69) is 20.0 Å². The number of piperazine rings is 1. The van der Waals surface area contributed by atoms with Gasteiger partial charge in [0, 0.05) is 50.7 Å². The Morgan fingerprint density at radius 2 is 1.65 bits per heavy atom. The molecule has 132 valence electrons. The molecule has 1 amide bonds. The summed E-state index contributed by atoms with van der Waals surface area (Å²) in [6.07, 6.45) is 6.76. The van der Waals surface area contributed by atoms with Crippen LogP contribution in [0.15, 0.2) is 61.4 Å². The molecule has 4 rings (SSSR count). The van der Waals surface area contributed by atoms with Crippen molar-refractivity contribution in [3.05, 3.63) is 72.6 Å². The first kappa shape index (κ1) is 16.4. The molecule has 0 aliphatic carbocycles. The Morgan fingerprint density at radius 3 is 2.31 bits per heavy atom. The van der Waals surface area contributed by atoms with E-state index in [4.69, 9.17) is 0 Å². The number of carbonyl (C=O) groups excluding carboxylic acids is 1. The SMILES string of the molecule is O=C(c1ccc(-n2cncn2)cc1)N1CCN(Cc2ccncc2)CC1. The summed E-state index contributed by atoms with van der Waals surface area (Å²) in [4.78, 5) is 25.0. The number of carbonyl (C=O) groups is 1. The van der Waals surface area contributed by atoms with Gasteiger partial charge < -0.3 is 4.90 Å². The summed E-state index contributed by atoms with van der Waals surface area (Å²) in [5, 5.41) is 4.09. The Labute approximate surface area is 151 Å². The molecule has 0 spiro atoms. The Hall–Kier alpha value is -3.06. The first-order valence-corrected chi connectivity index (χ1v) is 8.65. The van der Waals surface area contributed by atoms with Crippen LogP contribution in [0.2, 0.25) is 0 Å². The zero-order valence-electron chi connectivity index (χ0n) is 14.4. The van der Waals surface area contributed by atoms with Crippen molar-refractivity contribution >= 4 is 5.91 Å². The van der Waals surface area contributed by atoms with Gasteiger partial charge in [-0.3, -0.25) is 14.7 Å². The number of hydrogen-bond donors (Lipinski definition) is 0. The minimum Gasteiger partial charge on any atom is -0.336 e. The maximum Gasteiger partial charge on any atom is 0.253 e. The molecule has 2 aromatic heterocycles. The minimum atomic E-state index is 0.0821. The standard InChI is InChI=1S/C19H20N6O/c26-19(17-1-3-18(4-2-17)25-15-21-14-22-25)24-11-9-23(10-12-24)13-16-5-7-20-8-6-16/h1-8,14-15H,9-13H2. The highest BCUT2D eigenvalue weighted by Gasteiger charge is 2.22. The molecule has 0 atom stereocenters. The molecule has 1 aliphatic rings. The van der Waals surface area contributed by atoms with E-state index in [0.717, 1.165) is 38.4 Å². The van der Waals surface area contributed by atoms with Crippen LogP contribution in [0.3, 0.4) is 0 Å². The highest BCUT2D eigenvalue weighted by molar-refractivity contribution is 5.94. The van der Waals surface area contributed by atoms with E-state index in [1.807, 2.05) is 53.7 Å². The van der Waals surface area contributed by atoms with Gasteiger partial charge in [0.25, 0.3) is 5.91 Å². The Morgan fingerprint density at radius 1 is 0.923 bits per heavy atom. The molecule has 0 saturated carbocycles. The molecule has 26 heavy (non-hydrogen) atoms. The quantitative estimate of drug-likeness (QED) is 0.717. The van der Waals surface area contributed by atoms with Crippen molar-refractivity contribution in [2.45, 2.75) is 6.54 Å². The molecule has 7 nitrogen and oxygen atoms in total. The lowest BCUT2D eigenvalue weighted by molar-refractivity contribution is 0.0628. The molecule has 3 aromatic rings. The monoisotopic (exact) mass is 348 g/mol. The van der Waals surface area contributed by atoms with Crippen LogP contribution in [0, 0.1) is 0 Å². The van der Waals surface area contributed by atoms with Crippen LogP contribution in [0.1, 0.15) is 15.9 Å². The van der Waals surface area contributed by atoms with Gasteiger partial charge in [-0.2, -0.15) is 5.10 Å². The van der Waals surface area contributed by atoms with Crippen molar-refractivity contribution < 1.29 is 4.79 Å². The highest BCUT2D eigenvalue weighted by Crippen LogP contribution is 2.13. The van der Waals surface area contributed by atoms with Crippen LogP contribution >= 0.6 is 0 Å². The smallest absolute Gasteiger partial charge is 0.253 e. The summed E-state index contributed by atoms with van der Waals surface area (Å²) in [6, 6.07) is 11.6. The van der Waals surface area contributed by atoms with E-state index in [-0.39, 0.29) is 5.91 Å². The largest absolute Gasteiger partial charge is 0.336 e. The zero-order valence-corrected chi connectivity index (χ0v) is 14.4. The number of amides is 1. The number of hydrogen-bond acceptors (Lipinski definition) is 5. The van der Waals surface area contributed by atoms with Gasteiger partial charge in [0.05, 0.1) is 5.69 Å². The molecule has 0 bridgehead atoms. The number of pyridine rings is 1. The Kier molecular flexibility index (Phi) is 4.70. The first-order valence-electron chi connectivity index (χ1n) is 8.65. The molecular formula is C19H20N6O. The van der Waals surface area contributed by atoms with E-state index in [0.29, 0.717) is 5.56 Å². The molecular weight excluding hydrogens is 328 g/mol. The third-order valence-corrected chi connectivity index (χ3v) is 4.61. The van der Waals surface area contributed by atoms with E-state index in [1.54, 1.807) is 11.0 Å². The molecule has 1 saturated heterocycles. The molecule has 1 aromatic carbocycles. The van der Waals surface area contributed by atoms with Crippen LogP contribution in [-0.4, -0.2) is 61.6 Å². The number of rotatable bonds is 4. The fraction of sp³-hybridized carbons (Fsp3) is 0.263. The van der Waals surface area contributed by atoms with Crippen LogP contribution in [0.4, 0.5) is 0 Å². The number of nitrogens with zero attached hydrogens (tertiary/aromatic N) is 6. The minimum absolute atomic E-state index is 0.0821. The lowest BCUT2D eigenvalue weighted by Crippen LogP contribution is -2.48. The summed E-state index contributed by atoms with van der Waals surface area (Å²) in [5.74, 6) is 0.0821. The predicted octanol–water partition coefficient (Wildman–Crippen LogP) is 1.62. The van der Waals surface area contributed by atoms with E-state index in [1.165, 1.54) is 11.9 Å². The second-order valence-corrected chi connectivity index (χ2v) is 6.31. The second-order valence-electron chi connectivity index (χ2n) is 6.31. The topological polar surface area (TPSA) is 67.2 Å². The molecule has 7 heteroatoms. The van der Waals surface area contributed by atoms with Crippen molar-refractivity contribution in [2.75, 3.05) is 26.2 Å². The van der Waals surface area contributed by atoms with Crippen LogP contribution in [0.5, 0.6) is 0 Å². The van der Waals surface area contributed by atoms with Crippen LogP contribution in [0.25, 0.3) is 5.69 Å². The zero-order chi connectivity index (χ0) is 17.8. The summed E-state index contributed by atoms with van der Waals surface area (Å²) in [5.41, 5.74) is 2.85. The highest BCUT2D eigenvalue weighted by atomic mass is 16.2.